The highest BCUT2D eigenvalue weighted by molar-refractivity contribution is 5.36. The van der Waals surface area contributed by atoms with Crippen molar-refractivity contribution in [2.24, 2.45) is 0 Å². The zero-order valence-electron chi connectivity index (χ0n) is 12.3. The minimum Gasteiger partial charge on any atom is -0.494 e. The summed E-state index contributed by atoms with van der Waals surface area (Å²) in [6.07, 6.45) is 3.48. The number of halogens is 1. The van der Waals surface area contributed by atoms with E-state index >= 15 is 0 Å². The van der Waals surface area contributed by atoms with Gasteiger partial charge in [0.15, 0.2) is 0 Å². The molecule has 21 heavy (non-hydrogen) atoms. The van der Waals surface area contributed by atoms with Gasteiger partial charge in [0.05, 0.1) is 6.61 Å². The Morgan fingerprint density at radius 3 is 2.62 bits per heavy atom. The van der Waals surface area contributed by atoms with Gasteiger partial charge in [0.1, 0.15) is 11.6 Å². The zero-order valence-corrected chi connectivity index (χ0v) is 12.3. The predicted octanol–water partition coefficient (Wildman–Crippen LogP) is 4.40. The van der Waals surface area contributed by atoms with Crippen LogP contribution in [0.4, 0.5) is 10.2 Å². The van der Waals surface area contributed by atoms with E-state index in [0.717, 1.165) is 24.3 Å². The molecule has 2 aromatic rings. The maximum absolute atomic E-state index is 13.0. The highest BCUT2D eigenvalue weighted by atomic mass is 19.1. The molecule has 0 aliphatic carbocycles. The summed E-state index contributed by atoms with van der Waals surface area (Å²) in [5, 5.41) is 3.09. The molecule has 0 saturated heterocycles. The molecule has 1 N–H and O–H groups in total. The molecule has 1 aromatic heterocycles. The van der Waals surface area contributed by atoms with Gasteiger partial charge in [-0.05, 0) is 36.2 Å². The normalized spacial score (nSPS) is 10.4. The molecule has 0 spiro atoms. The molecule has 0 radical (unpaired) electrons. The lowest BCUT2D eigenvalue weighted by molar-refractivity contribution is 0.306. The van der Waals surface area contributed by atoms with Gasteiger partial charge in [0, 0.05) is 6.54 Å². The van der Waals surface area contributed by atoms with Crippen LogP contribution in [-0.4, -0.2) is 11.6 Å². The monoisotopic (exact) mass is 288 g/mol. The van der Waals surface area contributed by atoms with E-state index in [2.05, 4.69) is 17.2 Å². The Kier molecular flexibility index (Phi) is 6.00. The molecule has 0 atom stereocenters. The fourth-order valence-electron chi connectivity index (χ4n) is 1.94. The van der Waals surface area contributed by atoms with Crippen molar-refractivity contribution in [1.29, 1.82) is 0 Å². The minimum atomic E-state index is -0.476. The Morgan fingerprint density at radius 2 is 1.90 bits per heavy atom. The van der Waals surface area contributed by atoms with Crippen LogP contribution in [0.3, 0.4) is 0 Å². The van der Waals surface area contributed by atoms with Gasteiger partial charge < -0.3 is 10.1 Å². The van der Waals surface area contributed by atoms with Crippen LogP contribution in [0.25, 0.3) is 0 Å². The summed E-state index contributed by atoms with van der Waals surface area (Å²) in [7, 11) is 0. The number of rotatable bonds is 8. The fourth-order valence-corrected chi connectivity index (χ4v) is 1.94. The lowest BCUT2D eigenvalue weighted by Crippen LogP contribution is -2.02. The van der Waals surface area contributed by atoms with Gasteiger partial charge in [-0.25, -0.2) is 4.98 Å². The molecule has 0 unspecified atom stereocenters. The maximum atomic E-state index is 13.0. The van der Waals surface area contributed by atoms with E-state index in [-0.39, 0.29) is 0 Å². The molecule has 0 aliphatic rings. The Morgan fingerprint density at radius 1 is 1.10 bits per heavy atom. The molecular weight excluding hydrogens is 267 g/mol. The van der Waals surface area contributed by atoms with Crippen molar-refractivity contribution < 1.29 is 9.13 Å². The third kappa shape index (κ3) is 5.42. The molecule has 0 amide bonds. The second-order valence-electron chi connectivity index (χ2n) is 4.90. The molecule has 4 heteroatoms. The Bertz CT molecular complexity index is 543. The number of anilines is 1. The molecule has 2 rings (SSSR count). The summed E-state index contributed by atoms with van der Waals surface area (Å²) < 4.78 is 18.6. The zero-order chi connectivity index (χ0) is 14.9. The van der Waals surface area contributed by atoms with Crippen LogP contribution in [-0.2, 0) is 6.54 Å². The summed E-state index contributed by atoms with van der Waals surface area (Å²) in [5.41, 5.74) is 1.10. The molecule has 0 fully saturated rings. The molecular formula is C17H21FN2O. The number of ether oxygens (including phenoxy) is 1. The lowest BCUT2D eigenvalue weighted by atomic mass is 10.2. The quantitative estimate of drug-likeness (QED) is 0.577. The van der Waals surface area contributed by atoms with E-state index in [9.17, 15) is 4.39 Å². The summed E-state index contributed by atoms with van der Waals surface area (Å²) in [6.45, 7) is 3.54. The Hall–Kier alpha value is -2.10. The van der Waals surface area contributed by atoms with E-state index in [4.69, 9.17) is 4.74 Å². The average molecular weight is 288 g/mol. The largest absolute Gasteiger partial charge is 0.494 e. The number of nitrogens with zero attached hydrogens (tertiary/aromatic N) is 1. The smallest absolute Gasteiger partial charge is 0.214 e. The van der Waals surface area contributed by atoms with Gasteiger partial charge in [-0.2, -0.15) is 4.39 Å². The van der Waals surface area contributed by atoms with Gasteiger partial charge in [0.25, 0.3) is 0 Å². The van der Waals surface area contributed by atoms with Crippen LogP contribution in [0.2, 0.25) is 0 Å². The van der Waals surface area contributed by atoms with Gasteiger partial charge >= 0.3 is 0 Å². The molecule has 0 saturated carbocycles. The number of unbranched alkanes of at least 4 members (excludes halogenated alkanes) is 2. The van der Waals surface area contributed by atoms with E-state index in [1.165, 1.54) is 18.9 Å². The topological polar surface area (TPSA) is 34.1 Å². The Labute approximate surface area is 125 Å². The van der Waals surface area contributed by atoms with E-state index in [1.807, 2.05) is 24.3 Å². The van der Waals surface area contributed by atoms with Crippen molar-refractivity contribution in [2.45, 2.75) is 32.7 Å². The maximum Gasteiger partial charge on any atom is 0.214 e. The first kappa shape index (κ1) is 15.3. The van der Waals surface area contributed by atoms with E-state index in [1.54, 1.807) is 12.1 Å². The molecule has 0 aliphatic heterocycles. The summed E-state index contributed by atoms with van der Waals surface area (Å²) in [4.78, 5) is 3.76. The molecule has 1 heterocycles. The number of hydrogen-bond acceptors (Lipinski definition) is 3. The first-order valence-electron chi connectivity index (χ1n) is 7.36. The SMILES string of the molecule is CCCCCOc1ccc(CNc2cccc(F)n2)cc1. The molecule has 112 valence electrons. The van der Waals surface area contributed by atoms with Gasteiger partial charge in [-0.15, -0.1) is 0 Å². The summed E-state index contributed by atoms with van der Waals surface area (Å²) >= 11 is 0. The number of hydrogen-bond donors (Lipinski definition) is 1. The molecule has 0 bridgehead atoms. The third-order valence-corrected chi connectivity index (χ3v) is 3.13. The number of benzene rings is 1. The van der Waals surface area contributed by atoms with Crippen molar-refractivity contribution in [3.63, 3.8) is 0 Å². The van der Waals surface area contributed by atoms with Crippen molar-refractivity contribution >= 4 is 5.82 Å². The number of nitrogens with one attached hydrogen (secondary N) is 1. The van der Waals surface area contributed by atoms with Gasteiger partial charge in [0.2, 0.25) is 5.95 Å². The molecule has 1 aromatic carbocycles. The van der Waals surface area contributed by atoms with E-state index in [0.29, 0.717) is 12.4 Å². The van der Waals surface area contributed by atoms with Crippen LogP contribution >= 0.6 is 0 Å². The van der Waals surface area contributed by atoms with Crippen LogP contribution in [0.5, 0.6) is 5.75 Å². The first-order chi connectivity index (χ1) is 10.3. The van der Waals surface area contributed by atoms with Gasteiger partial charge in [-0.1, -0.05) is 38.0 Å². The first-order valence-corrected chi connectivity index (χ1v) is 7.36. The number of pyridine rings is 1. The third-order valence-electron chi connectivity index (χ3n) is 3.13. The van der Waals surface area contributed by atoms with Crippen LogP contribution in [0, 0.1) is 5.95 Å². The summed E-state index contributed by atoms with van der Waals surface area (Å²) in [5.74, 6) is 0.949. The second-order valence-corrected chi connectivity index (χ2v) is 4.90. The van der Waals surface area contributed by atoms with Crippen molar-refractivity contribution in [3.05, 3.63) is 54.0 Å². The highest BCUT2D eigenvalue weighted by Crippen LogP contribution is 2.14. The highest BCUT2D eigenvalue weighted by Gasteiger charge is 1.98. The van der Waals surface area contributed by atoms with Crippen molar-refractivity contribution in [2.75, 3.05) is 11.9 Å². The van der Waals surface area contributed by atoms with Crippen LogP contribution in [0.15, 0.2) is 42.5 Å². The standard InChI is InChI=1S/C17H21FN2O/c1-2-3-4-12-21-15-10-8-14(9-11-15)13-19-17-7-5-6-16(18)20-17/h5-11H,2-4,12-13H2,1H3,(H,19,20). The van der Waals surface area contributed by atoms with E-state index < -0.39 is 5.95 Å². The predicted molar refractivity (Wildman–Crippen MR) is 83.0 cm³/mol. The van der Waals surface area contributed by atoms with Crippen LogP contribution < -0.4 is 10.1 Å². The van der Waals surface area contributed by atoms with Crippen molar-refractivity contribution in [1.82, 2.24) is 4.98 Å². The van der Waals surface area contributed by atoms with Crippen molar-refractivity contribution in [3.8, 4) is 5.75 Å². The molecule has 3 nitrogen and oxygen atoms in total. The minimum absolute atomic E-state index is 0.476. The Balaban J connectivity index is 1.79. The van der Waals surface area contributed by atoms with Gasteiger partial charge in [-0.3, -0.25) is 0 Å². The van der Waals surface area contributed by atoms with Crippen LogP contribution in [0.1, 0.15) is 31.7 Å². The number of aromatic nitrogens is 1. The second kappa shape index (κ2) is 8.25. The summed E-state index contributed by atoms with van der Waals surface area (Å²) in [6, 6.07) is 12.6. The lowest BCUT2D eigenvalue weighted by Gasteiger charge is -2.08. The average Bonchev–Trinajstić information content (AvgIpc) is 2.51. The fraction of sp³-hybridized carbons (Fsp3) is 0.353.